The zero-order valence-corrected chi connectivity index (χ0v) is 8.80. The maximum absolute atomic E-state index is 9.31. The van der Waals surface area contributed by atoms with Gasteiger partial charge in [0.15, 0.2) is 0 Å². The third kappa shape index (κ3) is 6.81. The lowest BCUT2D eigenvalue weighted by atomic mass is 10.1. The monoisotopic (exact) mass is 256 g/mol. The molecule has 0 rings (SSSR count). The van der Waals surface area contributed by atoms with Gasteiger partial charge in [0.25, 0.3) is 0 Å². The third-order valence-corrected chi connectivity index (χ3v) is 2.32. The van der Waals surface area contributed by atoms with Crippen molar-refractivity contribution in [1.29, 1.82) is 0 Å². The zero-order chi connectivity index (χ0) is 7.82. The smallest absolute Gasteiger partial charge is 0.0540 e. The molecule has 62 valence electrons. The van der Waals surface area contributed by atoms with Gasteiger partial charge in [-0.3, -0.25) is 0 Å². The molecule has 2 heteroatoms. The van der Waals surface area contributed by atoms with Gasteiger partial charge in [0.05, 0.1) is 6.10 Å². The fourth-order valence-corrected chi connectivity index (χ4v) is 1.34. The van der Waals surface area contributed by atoms with E-state index >= 15 is 0 Å². The maximum atomic E-state index is 9.31. The lowest BCUT2D eigenvalue weighted by Gasteiger charge is -2.07. The van der Waals surface area contributed by atoms with Crippen LogP contribution in [0, 0.1) is 0 Å². The van der Waals surface area contributed by atoms with E-state index in [1.165, 1.54) is 17.3 Å². The van der Waals surface area contributed by atoms with Crippen LogP contribution in [0.2, 0.25) is 0 Å². The molecule has 0 heterocycles. The van der Waals surface area contributed by atoms with Crippen LogP contribution in [0.25, 0.3) is 0 Å². The van der Waals surface area contributed by atoms with Crippen LogP contribution >= 0.6 is 22.6 Å². The molecule has 0 aromatic heterocycles. The molecule has 0 aromatic carbocycles. The second kappa shape index (κ2) is 7.79. The molecular weight excluding hydrogens is 239 g/mol. The SMILES string of the molecule is CCCCC(O)CCCI. The number of hydrogen-bond acceptors (Lipinski definition) is 1. The normalized spacial score (nSPS) is 13.5. The molecule has 0 aliphatic carbocycles. The van der Waals surface area contributed by atoms with E-state index in [4.69, 9.17) is 0 Å². The van der Waals surface area contributed by atoms with Crippen LogP contribution in [0.4, 0.5) is 0 Å². The van der Waals surface area contributed by atoms with Crippen LogP contribution in [-0.2, 0) is 0 Å². The van der Waals surface area contributed by atoms with Crippen LogP contribution in [0.3, 0.4) is 0 Å². The highest BCUT2D eigenvalue weighted by atomic mass is 127. The number of hydrogen-bond donors (Lipinski definition) is 1. The van der Waals surface area contributed by atoms with Crippen molar-refractivity contribution < 1.29 is 5.11 Å². The second-order valence-electron chi connectivity index (χ2n) is 2.63. The lowest BCUT2D eigenvalue weighted by molar-refractivity contribution is 0.151. The van der Waals surface area contributed by atoms with Crippen LogP contribution in [0.1, 0.15) is 39.0 Å². The van der Waals surface area contributed by atoms with Crippen LogP contribution in [0.5, 0.6) is 0 Å². The molecule has 0 fully saturated rings. The summed E-state index contributed by atoms with van der Waals surface area (Å²) >= 11 is 2.35. The molecule has 10 heavy (non-hydrogen) atoms. The van der Waals surface area contributed by atoms with Gasteiger partial charge in [-0.25, -0.2) is 0 Å². The molecule has 0 aliphatic rings. The summed E-state index contributed by atoms with van der Waals surface area (Å²) in [4.78, 5) is 0. The average Bonchev–Trinajstić information content (AvgIpc) is 1.97. The molecule has 1 N–H and O–H groups in total. The van der Waals surface area contributed by atoms with Crippen molar-refractivity contribution in [3.8, 4) is 0 Å². The third-order valence-electron chi connectivity index (χ3n) is 1.56. The number of halogens is 1. The molecule has 0 aliphatic heterocycles. The summed E-state index contributed by atoms with van der Waals surface area (Å²) in [5.74, 6) is 0. The first-order chi connectivity index (χ1) is 4.81. The number of alkyl halides is 1. The second-order valence-corrected chi connectivity index (χ2v) is 3.71. The average molecular weight is 256 g/mol. The molecule has 1 nitrogen and oxygen atoms in total. The Hall–Kier alpha value is 0.690. The molecule has 1 unspecified atom stereocenters. The van der Waals surface area contributed by atoms with E-state index in [9.17, 15) is 5.11 Å². The predicted molar refractivity (Wildman–Crippen MR) is 53.7 cm³/mol. The number of rotatable bonds is 6. The molecule has 0 saturated carbocycles. The molecule has 1 atom stereocenters. The molecule has 0 bridgehead atoms. The minimum atomic E-state index is -0.0327. The van der Waals surface area contributed by atoms with E-state index in [1.54, 1.807) is 0 Å². The zero-order valence-electron chi connectivity index (χ0n) is 6.65. The van der Waals surface area contributed by atoms with Crippen molar-refractivity contribution >= 4 is 22.6 Å². The van der Waals surface area contributed by atoms with Crippen molar-refractivity contribution in [3.63, 3.8) is 0 Å². The summed E-state index contributed by atoms with van der Waals surface area (Å²) in [6.07, 6.45) is 5.47. The fraction of sp³-hybridized carbons (Fsp3) is 1.00. The predicted octanol–water partition coefficient (Wildman–Crippen LogP) is 2.75. The summed E-state index contributed by atoms with van der Waals surface area (Å²) in [5, 5.41) is 9.31. The van der Waals surface area contributed by atoms with Gasteiger partial charge >= 0.3 is 0 Å². The lowest BCUT2D eigenvalue weighted by Crippen LogP contribution is -2.05. The van der Waals surface area contributed by atoms with Crippen LogP contribution < -0.4 is 0 Å². The minimum absolute atomic E-state index is 0.0327. The Bertz CT molecular complexity index is 58.3. The Morgan fingerprint density at radius 1 is 1.30 bits per heavy atom. The van der Waals surface area contributed by atoms with Crippen molar-refractivity contribution in [2.75, 3.05) is 4.43 Å². The maximum Gasteiger partial charge on any atom is 0.0540 e. The van der Waals surface area contributed by atoms with Gasteiger partial charge in [-0.1, -0.05) is 42.4 Å². The van der Waals surface area contributed by atoms with E-state index in [-0.39, 0.29) is 6.10 Å². The Kier molecular flexibility index (Phi) is 8.33. The van der Waals surface area contributed by atoms with Gasteiger partial charge in [-0.05, 0) is 23.7 Å². The first-order valence-corrected chi connectivity index (χ1v) is 5.57. The summed E-state index contributed by atoms with van der Waals surface area (Å²) in [6, 6.07) is 0. The first-order valence-electron chi connectivity index (χ1n) is 4.05. The topological polar surface area (TPSA) is 20.2 Å². The molecule has 0 saturated heterocycles. The molecular formula is C8H17IO. The number of aliphatic hydroxyl groups excluding tert-OH is 1. The Labute approximate surface area is 77.3 Å². The van der Waals surface area contributed by atoms with Gasteiger partial charge in [-0.2, -0.15) is 0 Å². The van der Waals surface area contributed by atoms with Crippen molar-refractivity contribution in [1.82, 2.24) is 0 Å². The van der Waals surface area contributed by atoms with Crippen LogP contribution in [0.15, 0.2) is 0 Å². The Balaban J connectivity index is 3.00. The van der Waals surface area contributed by atoms with Crippen molar-refractivity contribution in [2.45, 2.75) is 45.1 Å². The summed E-state index contributed by atoms with van der Waals surface area (Å²) in [6.45, 7) is 2.16. The van der Waals surface area contributed by atoms with E-state index in [0.717, 1.165) is 19.3 Å². The van der Waals surface area contributed by atoms with Crippen molar-refractivity contribution in [2.24, 2.45) is 0 Å². The van der Waals surface area contributed by atoms with E-state index in [0.29, 0.717) is 0 Å². The largest absolute Gasteiger partial charge is 0.393 e. The van der Waals surface area contributed by atoms with E-state index < -0.39 is 0 Å². The van der Waals surface area contributed by atoms with E-state index in [1.807, 2.05) is 0 Å². The molecule has 0 radical (unpaired) electrons. The minimum Gasteiger partial charge on any atom is -0.393 e. The van der Waals surface area contributed by atoms with Gasteiger partial charge < -0.3 is 5.11 Å². The first kappa shape index (κ1) is 10.7. The van der Waals surface area contributed by atoms with Gasteiger partial charge in [0.1, 0.15) is 0 Å². The molecule has 0 spiro atoms. The van der Waals surface area contributed by atoms with Crippen molar-refractivity contribution in [3.05, 3.63) is 0 Å². The van der Waals surface area contributed by atoms with Crippen LogP contribution in [-0.4, -0.2) is 15.6 Å². The van der Waals surface area contributed by atoms with E-state index in [2.05, 4.69) is 29.5 Å². The van der Waals surface area contributed by atoms with Gasteiger partial charge in [-0.15, -0.1) is 0 Å². The molecule has 0 amide bonds. The summed E-state index contributed by atoms with van der Waals surface area (Å²) in [5.41, 5.74) is 0. The van der Waals surface area contributed by atoms with Gasteiger partial charge in [0, 0.05) is 0 Å². The molecule has 0 aromatic rings. The highest BCUT2D eigenvalue weighted by molar-refractivity contribution is 14.1. The summed E-state index contributed by atoms with van der Waals surface area (Å²) in [7, 11) is 0. The standard InChI is InChI=1S/C8H17IO/c1-2-3-5-8(10)6-4-7-9/h8,10H,2-7H2,1H3. The highest BCUT2D eigenvalue weighted by Gasteiger charge is 2.00. The highest BCUT2D eigenvalue weighted by Crippen LogP contribution is 2.07. The van der Waals surface area contributed by atoms with Gasteiger partial charge in [0.2, 0.25) is 0 Å². The Morgan fingerprint density at radius 3 is 2.40 bits per heavy atom. The summed E-state index contributed by atoms with van der Waals surface area (Å²) < 4.78 is 1.17. The fourth-order valence-electron chi connectivity index (χ4n) is 0.897. The number of aliphatic hydroxyl groups is 1. The number of unbranched alkanes of at least 4 members (excludes halogenated alkanes) is 1. The quantitative estimate of drug-likeness (QED) is 0.572. The Morgan fingerprint density at radius 2 is 1.90 bits per heavy atom.